The predicted octanol–water partition coefficient (Wildman–Crippen LogP) is 4.17. The summed E-state index contributed by atoms with van der Waals surface area (Å²) in [5.41, 5.74) is 0.947. The molecule has 0 radical (unpaired) electrons. The second kappa shape index (κ2) is 8.54. The van der Waals surface area contributed by atoms with E-state index in [2.05, 4.69) is 30.6 Å². The van der Waals surface area contributed by atoms with Crippen molar-refractivity contribution in [3.05, 3.63) is 48.6 Å². The number of anilines is 1. The van der Waals surface area contributed by atoms with Crippen molar-refractivity contribution < 1.29 is 17.6 Å². The number of aromatic nitrogens is 4. The predicted molar refractivity (Wildman–Crippen MR) is 110 cm³/mol. The molecule has 0 aliphatic carbocycles. The van der Waals surface area contributed by atoms with Gasteiger partial charge in [0.1, 0.15) is 11.2 Å². The molecule has 10 heteroatoms. The monoisotopic (exact) mass is 432 g/mol. The highest BCUT2D eigenvalue weighted by Crippen LogP contribution is 2.27. The lowest BCUT2D eigenvalue weighted by molar-refractivity contribution is -0.0790. The molecule has 0 spiro atoms. The van der Waals surface area contributed by atoms with Gasteiger partial charge < -0.3 is 10.6 Å². The molecule has 1 unspecified atom stereocenters. The molecule has 1 fully saturated rings. The number of hydrogen-bond acceptors (Lipinski definition) is 6. The summed E-state index contributed by atoms with van der Waals surface area (Å²) in [4.78, 5) is 17.2. The number of rotatable bonds is 5. The van der Waals surface area contributed by atoms with Gasteiger partial charge in [-0.15, -0.1) is 0 Å². The molecule has 6 nitrogen and oxygen atoms in total. The minimum atomic E-state index is -4.40. The van der Waals surface area contributed by atoms with Crippen LogP contribution in [0.1, 0.15) is 18.5 Å². The lowest BCUT2D eigenvalue weighted by Gasteiger charge is -2.30. The number of nitrogens with one attached hydrogen (secondary N) is 2. The summed E-state index contributed by atoms with van der Waals surface area (Å²) in [5, 5.41) is 6.13. The van der Waals surface area contributed by atoms with Crippen LogP contribution < -0.4 is 10.6 Å². The Kier molecular flexibility index (Phi) is 5.81. The van der Waals surface area contributed by atoms with E-state index in [4.69, 9.17) is 0 Å². The quantitative estimate of drug-likeness (QED) is 0.590. The Morgan fingerprint density at radius 2 is 2.00 bits per heavy atom. The van der Waals surface area contributed by atoms with Crippen LogP contribution in [0.4, 0.5) is 23.4 Å². The van der Waals surface area contributed by atoms with Gasteiger partial charge in [0.2, 0.25) is 0 Å². The number of pyridine rings is 2. The number of allylic oxidation sites excluding steroid dienone is 1. The molecular formula is C21H20F4N6. The summed E-state index contributed by atoms with van der Waals surface area (Å²) in [6, 6.07) is 4.81. The van der Waals surface area contributed by atoms with Gasteiger partial charge in [-0.25, -0.2) is 14.4 Å². The fourth-order valence-electron chi connectivity index (χ4n) is 3.40. The van der Waals surface area contributed by atoms with Crippen molar-refractivity contribution in [1.29, 1.82) is 0 Å². The highest BCUT2D eigenvalue weighted by atomic mass is 19.4. The highest BCUT2D eigenvalue weighted by Gasteiger charge is 2.31. The molecule has 162 valence electrons. The SMILES string of the molecule is FC(F)(F)/C=C/c1ccc(-c2cc3nccnc3c(NCC3(F)CCCNC3)n2)cn1. The number of halogens is 4. The van der Waals surface area contributed by atoms with Crippen LogP contribution in [0.5, 0.6) is 0 Å². The summed E-state index contributed by atoms with van der Waals surface area (Å²) in [7, 11) is 0. The van der Waals surface area contributed by atoms with E-state index in [1.807, 2.05) is 0 Å². The Balaban J connectivity index is 1.62. The molecule has 1 atom stereocenters. The van der Waals surface area contributed by atoms with Crippen LogP contribution in [0.3, 0.4) is 0 Å². The number of fused-ring (bicyclic) bond motifs is 1. The first-order valence-corrected chi connectivity index (χ1v) is 9.79. The molecule has 2 N–H and O–H groups in total. The maximum atomic E-state index is 15.0. The molecule has 4 heterocycles. The summed E-state index contributed by atoms with van der Waals surface area (Å²) < 4.78 is 52.0. The molecule has 1 saturated heterocycles. The minimum absolute atomic E-state index is 0.0710. The molecule has 31 heavy (non-hydrogen) atoms. The average Bonchev–Trinajstić information content (AvgIpc) is 2.76. The topological polar surface area (TPSA) is 75.6 Å². The summed E-state index contributed by atoms with van der Waals surface area (Å²) in [6.45, 7) is 1.14. The van der Waals surface area contributed by atoms with Crippen LogP contribution >= 0.6 is 0 Å². The van der Waals surface area contributed by atoms with Crippen LogP contribution in [0.2, 0.25) is 0 Å². The first-order valence-electron chi connectivity index (χ1n) is 9.79. The zero-order valence-corrected chi connectivity index (χ0v) is 16.5. The van der Waals surface area contributed by atoms with Gasteiger partial charge in [-0.1, -0.05) is 0 Å². The maximum Gasteiger partial charge on any atom is 0.409 e. The molecular weight excluding hydrogens is 412 g/mol. The molecule has 0 amide bonds. The Morgan fingerprint density at radius 1 is 1.16 bits per heavy atom. The lowest BCUT2D eigenvalue weighted by atomic mass is 9.96. The second-order valence-corrected chi connectivity index (χ2v) is 7.41. The average molecular weight is 432 g/mol. The van der Waals surface area contributed by atoms with Crippen molar-refractivity contribution in [2.75, 3.05) is 25.0 Å². The maximum absolute atomic E-state index is 15.0. The third-order valence-corrected chi connectivity index (χ3v) is 4.97. The zero-order valence-electron chi connectivity index (χ0n) is 16.5. The zero-order chi connectivity index (χ0) is 21.9. The van der Waals surface area contributed by atoms with Gasteiger partial charge in [0.25, 0.3) is 0 Å². The van der Waals surface area contributed by atoms with E-state index in [1.54, 1.807) is 18.3 Å². The molecule has 1 aliphatic rings. The van der Waals surface area contributed by atoms with Crippen LogP contribution in [0, 0.1) is 0 Å². The highest BCUT2D eigenvalue weighted by molar-refractivity contribution is 5.88. The minimum Gasteiger partial charge on any atom is -0.365 e. The summed E-state index contributed by atoms with van der Waals surface area (Å²) in [5.74, 6) is 0.393. The van der Waals surface area contributed by atoms with E-state index in [0.29, 0.717) is 34.5 Å². The van der Waals surface area contributed by atoms with Gasteiger partial charge in [0.05, 0.1) is 23.4 Å². The summed E-state index contributed by atoms with van der Waals surface area (Å²) >= 11 is 0. The van der Waals surface area contributed by atoms with E-state index in [9.17, 15) is 17.6 Å². The van der Waals surface area contributed by atoms with Crippen molar-refractivity contribution in [3.63, 3.8) is 0 Å². The van der Waals surface area contributed by atoms with Crippen molar-refractivity contribution in [2.45, 2.75) is 24.7 Å². The number of nitrogens with zero attached hydrogens (tertiary/aromatic N) is 4. The molecule has 3 aromatic heterocycles. The first kappa shape index (κ1) is 21.1. The molecule has 0 bridgehead atoms. The Hall–Kier alpha value is -3.14. The Labute approximate surface area is 175 Å². The number of hydrogen-bond donors (Lipinski definition) is 2. The van der Waals surface area contributed by atoms with E-state index in [0.717, 1.165) is 19.0 Å². The van der Waals surface area contributed by atoms with Gasteiger partial charge in [-0.2, -0.15) is 13.2 Å². The van der Waals surface area contributed by atoms with Gasteiger partial charge in [0, 0.05) is 36.8 Å². The molecule has 0 saturated carbocycles. The Morgan fingerprint density at radius 3 is 2.71 bits per heavy atom. The van der Waals surface area contributed by atoms with Crippen LogP contribution in [0.25, 0.3) is 28.4 Å². The molecule has 0 aromatic carbocycles. The third-order valence-electron chi connectivity index (χ3n) is 4.97. The normalized spacial score (nSPS) is 19.7. The van der Waals surface area contributed by atoms with Crippen LogP contribution in [-0.4, -0.2) is 51.4 Å². The smallest absolute Gasteiger partial charge is 0.365 e. The van der Waals surface area contributed by atoms with E-state index < -0.39 is 11.8 Å². The number of piperidine rings is 1. The largest absolute Gasteiger partial charge is 0.409 e. The fourth-order valence-corrected chi connectivity index (χ4v) is 3.40. The van der Waals surface area contributed by atoms with Gasteiger partial charge >= 0.3 is 6.18 Å². The third kappa shape index (κ3) is 5.32. The van der Waals surface area contributed by atoms with Crippen LogP contribution in [0.15, 0.2) is 42.9 Å². The van der Waals surface area contributed by atoms with Gasteiger partial charge in [0.15, 0.2) is 5.82 Å². The van der Waals surface area contributed by atoms with Crippen molar-refractivity contribution in [3.8, 4) is 11.3 Å². The second-order valence-electron chi connectivity index (χ2n) is 7.41. The standard InChI is InChI=1S/C21H20F4N6/c22-20(5-1-7-26-12-20)13-30-19-18-17(27-8-9-28-18)10-16(31-19)14-2-3-15(29-11-14)4-6-21(23,24)25/h2-4,6,8-11,26H,1,5,7,12-13H2,(H,30,31)/b6-4+. The van der Waals surface area contributed by atoms with E-state index >= 15 is 0 Å². The van der Waals surface area contributed by atoms with E-state index in [1.165, 1.54) is 18.5 Å². The van der Waals surface area contributed by atoms with Gasteiger partial charge in [-0.05, 0) is 43.7 Å². The summed E-state index contributed by atoms with van der Waals surface area (Å²) in [6.07, 6.45) is 2.35. The number of alkyl halides is 4. The van der Waals surface area contributed by atoms with Crippen LogP contribution in [-0.2, 0) is 0 Å². The first-order chi connectivity index (χ1) is 14.8. The van der Waals surface area contributed by atoms with E-state index in [-0.39, 0.29) is 24.9 Å². The Bertz CT molecular complexity index is 1080. The molecule has 4 rings (SSSR count). The van der Waals surface area contributed by atoms with Crippen molar-refractivity contribution in [2.24, 2.45) is 0 Å². The van der Waals surface area contributed by atoms with Crippen molar-refractivity contribution >= 4 is 22.9 Å². The fraction of sp³-hybridized carbons (Fsp3) is 0.333. The lowest BCUT2D eigenvalue weighted by Crippen LogP contribution is -2.46. The molecule has 1 aliphatic heterocycles. The van der Waals surface area contributed by atoms with Gasteiger partial charge in [-0.3, -0.25) is 9.97 Å². The molecule has 3 aromatic rings. The van der Waals surface area contributed by atoms with Crippen molar-refractivity contribution in [1.82, 2.24) is 25.3 Å².